The van der Waals surface area contributed by atoms with Crippen molar-refractivity contribution < 1.29 is 4.79 Å². The van der Waals surface area contributed by atoms with Crippen molar-refractivity contribution in [3.05, 3.63) is 45.5 Å². The predicted molar refractivity (Wildman–Crippen MR) is 84.3 cm³/mol. The second-order valence-electron chi connectivity index (χ2n) is 4.88. The molecule has 116 valence electrons. The third kappa shape index (κ3) is 3.13. The van der Waals surface area contributed by atoms with Crippen LogP contribution < -0.4 is 10.9 Å². The Hall–Kier alpha value is -2.70. The Morgan fingerprint density at radius 1 is 1.45 bits per heavy atom. The summed E-state index contributed by atoms with van der Waals surface area (Å²) in [6.07, 6.45) is 3.66. The highest BCUT2D eigenvalue weighted by Crippen LogP contribution is 2.14. The van der Waals surface area contributed by atoms with E-state index in [1.807, 2.05) is 6.92 Å². The van der Waals surface area contributed by atoms with E-state index in [1.54, 1.807) is 32.9 Å². The van der Waals surface area contributed by atoms with E-state index >= 15 is 0 Å². The molecule has 7 nitrogen and oxygen atoms in total. The highest BCUT2D eigenvalue weighted by Gasteiger charge is 2.13. The van der Waals surface area contributed by atoms with Crippen LogP contribution in [-0.4, -0.2) is 25.7 Å². The normalized spacial score (nSPS) is 11.1. The minimum atomic E-state index is -0.270. The molecule has 0 atom stereocenters. The molecule has 0 aromatic carbocycles. The number of allylic oxidation sites excluding steroid dienone is 1. The summed E-state index contributed by atoms with van der Waals surface area (Å²) in [5.74, 6) is 0.462. The van der Waals surface area contributed by atoms with Crippen LogP contribution in [0.15, 0.2) is 23.0 Å². The van der Waals surface area contributed by atoms with Crippen molar-refractivity contribution in [1.29, 1.82) is 0 Å². The van der Waals surface area contributed by atoms with Gasteiger partial charge < -0.3 is 5.32 Å². The van der Waals surface area contributed by atoms with Crippen LogP contribution >= 0.6 is 0 Å². The van der Waals surface area contributed by atoms with E-state index in [0.717, 1.165) is 0 Å². The third-order valence-electron chi connectivity index (χ3n) is 3.16. The maximum absolute atomic E-state index is 12.1. The fraction of sp³-hybridized carbons (Fsp3) is 0.333. The van der Waals surface area contributed by atoms with E-state index in [9.17, 15) is 9.59 Å². The largest absolute Gasteiger partial charge is 0.307 e. The molecule has 0 aliphatic rings. The van der Waals surface area contributed by atoms with Crippen LogP contribution in [0, 0.1) is 13.8 Å². The highest BCUT2D eigenvalue weighted by molar-refractivity contribution is 5.98. The Morgan fingerprint density at radius 3 is 2.77 bits per heavy atom. The van der Waals surface area contributed by atoms with Gasteiger partial charge in [0.25, 0.3) is 5.56 Å². The molecule has 7 heteroatoms. The number of nitrogens with one attached hydrogen (secondary N) is 2. The lowest BCUT2D eigenvalue weighted by Gasteiger charge is -2.09. The summed E-state index contributed by atoms with van der Waals surface area (Å²) in [5.41, 5.74) is 1.81. The molecule has 2 heterocycles. The molecular formula is C15H19N5O2. The van der Waals surface area contributed by atoms with Gasteiger partial charge in [-0.15, -0.1) is 0 Å². The monoisotopic (exact) mass is 301 g/mol. The van der Waals surface area contributed by atoms with Crippen molar-refractivity contribution in [3.8, 4) is 5.95 Å². The van der Waals surface area contributed by atoms with Crippen molar-refractivity contribution in [2.75, 3.05) is 5.32 Å². The number of carbonyl (C=O) groups is 1. The molecular weight excluding hydrogens is 282 g/mol. The van der Waals surface area contributed by atoms with Gasteiger partial charge in [0.1, 0.15) is 5.82 Å². The van der Waals surface area contributed by atoms with E-state index < -0.39 is 0 Å². The molecule has 0 aliphatic carbocycles. The summed E-state index contributed by atoms with van der Waals surface area (Å²) in [7, 11) is 0. The summed E-state index contributed by atoms with van der Waals surface area (Å²) in [5, 5.41) is 6.99. The smallest absolute Gasteiger partial charge is 0.255 e. The average molecular weight is 301 g/mol. The summed E-state index contributed by atoms with van der Waals surface area (Å²) < 4.78 is 1.42. The van der Waals surface area contributed by atoms with Crippen molar-refractivity contribution in [2.24, 2.45) is 0 Å². The number of carbonyl (C=O) groups excluding carboxylic acids is 1. The number of amides is 1. The Morgan fingerprint density at radius 2 is 2.18 bits per heavy atom. The second kappa shape index (κ2) is 6.38. The maximum Gasteiger partial charge on any atom is 0.255 e. The van der Waals surface area contributed by atoms with E-state index in [2.05, 4.69) is 20.4 Å². The number of aromatic nitrogens is 4. The zero-order valence-electron chi connectivity index (χ0n) is 13.1. The van der Waals surface area contributed by atoms with Gasteiger partial charge in [0.05, 0.1) is 5.69 Å². The van der Waals surface area contributed by atoms with E-state index in [0.29, 0.717) is 29.2 Å². The van der Waals surface area contributed by atoms with Gasteiger partial charge in [-0.05, 0) is 33.3 Å². The number of H-pyrrole nitrogens is 1. The fourth-order valence-electron chi connectivity index (χ4n) is 2.18. The zero-order valence-corrected chi connectivity index (χ0v) is 13.1. The van der Waals surface area contributed by atoms with Gasteiger partial charge in [0.2, 0.25) is 11.9 Å². The summed E-state index contributed by atoms with van der Waals surface area (Å²) in [4.78, 5) is 30.9. The number of hydrogen-bond donors (Lipinski definition) is 2. The Bertz CT molecular complexity index is 786. The van der Waals surface area contributed by atoms with Crippen LogP contribution in [0.3, 0.4) is 0 Å². The minimum absolute atomic E-state index is 0.191. The average Bonchev–Trinajstić information content (AvgIpc) is 2.79. The third-order valence-corrected chi connectivity index (χ3v) is 3.16. The molecule has 1 amide bonds. The molecule has 0 radical (unpaired) electrons. The zero-order chi connectivity index (χ0) is 16.3. The van der Waals surface area contributed by atoms with E-state index in [-0.39, 0.29) is 17.4 Å². The predicted octanol–water partition coefficient (Wildman–Crippen LogP) is 1.65. The Balaban J connectivity index is 2.49. The molecule has 22 heavy (non-hydrogen) atoms. The van der Waals surface area contributed by atoms with Gasteiger partial charge in [-0.2, -0.15) is 9.78 Å². The van der Waals surface area contributed by atoms with Gasteiger partial charge >= 0.3 is 0 Å². The minimum Gasteiger partial charge on any atom is -0.307 e. The van der Waals surface area contributed by atoms with Gasteiger partial charge in [0.15, 0.2) is 0 Å². The van der Waals surface area contributed by atoms with Gasteiger partial charge in [0, 0.05) is 17.3 Å². The Kier molecular flexibility index (Phi) is 4.55. The van der Waals surface area contributed by atoms with E-state index in [4.69, 9.17) is 0 Å². The molecule has 2 rings (SSSR count). The molecule has 0 fully saturated rings. The first kappa shape index (κ1) is 15.7. The van der Waals surface area contributed by atoms with Crippen molar-refractivity contribution in [2.45, 2.75) is 34.1 Å². The number of aryl methyl sites for hydroxylation is 2. The summed E-state index contributed by atoms with van der Waals surface area (Å²) >= 11 is 0. The fourth-order valence-corrected chi connectivity index (χ4v) is 2.18. The van der Waals surface area contributed by atoms with Gasteiger partial charge in [-0.1, -0.05) is 13.0 Å². The van der Waals surface area contributed by atoms with Gasteiger partial charge in [-0.3, -0.25) is 14.6 Å². The number of nitrogens with zero attached hydrogens (tertiary/aromatic N) is 3. The first-order chi connectivity index (χ1) is 10.5. The van der Waals surface area contributed by atoms with Crippen molar-refractivity contribution in [3.63, 3.8) is 0 Å². The number of aromatic amines is 1. The molecule has 0 saturated heterocycles. The van der Waals surface area contributed by atoms with Gasteiger partial charge in [-0.25, -0.2) is 4.98 Å². The molecule has 0 spiro atoms. The SMILES string of the molecule is C/C=C/C(=O)Nc1cc(C)nn1-c1nc(C)c(CC)c(=O)[nH]1. The van der Waals surface area contributed by atoms with Crippen LogP contribution in [0.2, 0.25) is 0 Å². The molecule has 0 aliphatic heterocycles. The molecule has 0 unspecified atom stereocenters. The number of rotatable bonds is 4. The second-order valence-corrected chi connectivity index (χ2v) is 4.88. The molecule has 2 aromatic heterocycles. The first-order valence-electron chi connectivity index (χ1n) is 7.06. The van der Waals surface area contributed by atoms with Crippen molar-refractivity contribution in [1.82, 2.24) is 19.7 Å². The Labute approximate surface area is 128 Å². The maximum atomic E-state index is 12.1. The van der Waals surface area contributed by atoms with Crippen LogP contribution in [0.4, 0.5) is 5.82 Å². The molecule has 2 aromatic rings. The van der Waals surface area contributed by atoms with E-state index in [1.165, 1.54) is 10.8 Å². The van der Waals surface area contributed by atoms with Crippen molar-refractivity contribution >= 4 is 11.7 Å². The lowest BCUT2D eigenvalue weighted by Crippen LogP contribution is -2.21. The molecule has 2 N–H and O–H groups in total. The quantitative estimate of drug-likeness (QED) is 0.840. The number of anilines is 1. The topological polar surface area (TPSA) is 92.7 Å². The highest BCUT2D eigenvalue weighted by atomic mass is 16.1. The summed E-state index contributed by atoms with van der Waals surface area (Å²) in [6, 6.07) is 1.71. The standard InChI is InChI=1S/C15H19N5O2/c1-5-7-13(21)17-12-8-9(3)19-20(12)15-16-10(4)11(6-2)14(22)18-15/h5,7-8H,6H2,1-4H3,(H,17,21)(H,16,18,22)/b7-5+. The first-order valence-corrected chi connectivity index (χ1v) is 7.06. The van der Waals surface area contributed by atoms with Crippen LogP contribution in [0.5, 0.6) is 0 Å². The van der Waals surface area contributed by atoms with Crippen LogP contribution in [0.25, 0.3) is 5.95 Å². The van der Waals surface area contributed by atoms with Crippen LogP contribution in [0.1, 0.15) is 30.8 Å². The lowest BCUT2D eigenvalue weighted by molar-refractivity contribution is -0.111. The number of hydrogen-bond acceptors (Lipinski definition) is 4. The summed E-state index contributed by atoms with van der Waals surface area (Å²) in [6.45, 7) is 7.24. The molecule has 0 saturated carbocycles. The lowest BCUT2D eigenvalue weighted by atomic mass is 10.2. The molecule has 0 bridgehead atoms. The van der Waals surface area contributed by atoms with Crippen LogP contribution in [-0.2, 0) is 11.2 Å².